The Balaban J connectivity index is 1.46. The molecular weight excluding hydrogens is 372 g/mol. The Hall–Kier alpha value is -2.93. The van der Waals surface area contributed by atoms with Crippen LogP contribution in [0.15, 0.2) is 70.2 Å². The van der Waals surface area contributed by atoms with E-state index in [0.29, 0.717) is 11.1 Å². The number of nitrogens with zero attached hydrogens (tertiary/aromatic N) is 4. The third-order valence-corrected chi connectivity index (χ3v) is 5.75. The van der Waals surface area contributed by atoms with E-state index >= 15 is 0 Å². The number of anilines is 1. The molecule has 142 valence electrons. The van der Waals surface area contributed by atoms with Crippen LogP contribution in [0.1, 0.15) is 19.4 Å². The number of aromatic nitrogens is 3. The summed E-state index contributed by atoms with van der Waals surface area (Å²) in [6.45, 7) is 4.28. The molecule has 0 aliphatic carbocycles. The van der Waals surface area contributed by atoms with Crippen LogP contribution < -0.4 is 4.90 Å². The van der Waals surface area contributed by atoms with Gasteiger partial charge in [-0.1, -0.05) is 43.8 Å². The molecule has 0 spiro atoms. The van der Waals surface area contributed by atoms with Crippen LogP contribution in [-0.2, 0) is 10.2 Å². The number of hydrogen-bond donors (Lipinski definition) is 0. The first kappa shape index (κ1) is 18.4. The molecule has 1 aliphatic rings. The molecule has 28 heavy (non-hydrogen) atoms. The normalized spacial score (nSPS) is 16.4. The summed E-state index contributed by atoms with van der Waals surface area (Å²) in [5.74, 6) is 0.668. The number of likely N-dealkylation sites (N-methyl/N-ethyl adjacent to an activating group) is 1. The van der Waals surface area contributed by atoms with Gasteiger partial charge in [-0.2, -0.15) is 0 Å². The standard InChI is InChI=1S/C21H20N4O2S/c1-21(2)16-6-4-5-7-17(16)25(3)18(21)12-15(26)13-28-20-24-23-19(27-20)14-8-10-22-11-9-14/h4-12H,13H2,1-3H3/b18-12-. The molecule has 0 N–H and O–H groups in total. The molecule has 1 aromatic carbocycles. The first-order valence-corrected chi connectivity index (χ1v) is 9.90. The lowest BCUT2D eigenvalue weighted by Crippen LogP contribution is -2.24. The number of benzene rings is 1. The van der Waals surface area contributed by atoms with E-state index in [0.717, 1.165) is 16.9 Å². The molecule has 2 aromatic heterocycles. The Morgan fingerprint density at radius 1 is 1.18 bits per heavy atom. The van der Waals surface area contributed by atoms with Crippen LogP contribution in [0.4, 0.5) is 5.69 Å². The van der Waals surface area contributed by atoms with E-state index < -0.39 is 0 Å². The Labute approximate surface area is 167 Å². The minimum atomic E-state index is -0.218. The second-order valence-electron chi connectivity index (χ2n) is 7.09. The number of allylic oxidation sites excluding steroid dienone is 2. The van der Waals surface area contributed by atoms with Crippen LogP contribution in [0.2, 0.25) is 0 Å². The second kappa shape index (κ2) is 7.24. The van der Waals surface area contributed by atoms with Crippen molar-refractivity contribution in [1.29, 1.82) is 0 Å². The number of hydrogen-bond acceptors (Lipinski definition) is 7. The maximum absolute atomic E-state index is 12.6. The van der Waals surface area contributed by atoms with Crippen LogP contribution in [0.25, 0.3) is 11.5 Å². The van der Waals surface area contributed by atoms with Gasteiger partial charge in [0.15, 0.2) is 5.78 Å². The van der Waals surface area contributed by atoms with Crippen LogP contribution >= 0.6 is 11.8 Å². The van der Waals surface area contributed by atoms with Crippen molar-refractivity contribution in [2.24, 2.45) is 0 Å². The molecule has 3 heterocycles. The van der Waals surface area contributed by atoms with Crippen molar-refractivity contribution in [1.82, 2.24) is 15.2 Å². The third-order valence-electron chi connectivity index (χ3n) is 4.91. The highest BCUT2D eigenvalue weighted by atomic mass is 32.2. The van der Waals surface area contributed by atoms with E-state index in [1.807, 2.05) is 19.2 Å². The summed E-state index contributed by atoms with van der Waals surface area (Å²) < 4.78 is 5.63. The molecule has 7 heteroatoms. The lowest BCUT2D eigenvalue weighted by atomic mass is 9.83. The Morgan fingerprint density at radius 3 is 2.68 bits per heavy atom. The molecule has 0 bridgehead atoms. The number of fused-ring (bicyclic) bond motifs is 1. The molecule has 0 saturated carbocycles. The summed E-state index contributed by atoms with van der Waals surface area (Å²) >= 11 is 1.24. The zero-order valence-electron chi connectivity index (χ0n) is 15.9. The largest absolute Gasteiger partial charge is 0.411 e. The van der Waals surface area contributed by atoms with Crippen LogP contribution in [0.3, 0.4) is 0 Å². The van der Waals surface area contributed by atoms with Crippen molar-refractivity contribution in [3.63, 3.8) is 0 Å². The first-order chi connectivity index (χ1) is 13.5. The Bertz CT molecular complexity index is 1040. The third kappa shape index (κ3) is 3.33. The molecule has 0 fully saturated rings. The molecular formula is C21H20N4O2S. The molecule has 0 radical (unpaired) electrons. The number of rotatable bonds is 5. The van der Waals surface area contributed by atoms with Crippen molar-refractivity contribution in [2.45, 2.75) is 24.5 Å². The number of pyridine rings is 1. The van der Waals surface area contributed by atoms with E-state index in [1.54, 1.807) is 30.6 Å². The molecule has 1 aliphatic heterocycles. The van der Waals surface area contributed by atoms with Gasteiger partial charge in [0.25, 0.3) is 5.22 Å². The lowest BCUT2D eigenvalue weighted by Gasteiger charge is -2.23. The van der Waals surface area contributed by atoms with E-state index in [4.69, 9.17) is 4.42 Å². The molecule has 4 rings (SSSR count). The lowest BCUT2D eigenvalue weighted by molar-refractivity contribution is -0.112. The minimum absolute atomic E-state index is 0.0105. The average molecular weight is 392 g/mol. The summed E-state index contributed by atoms with van der Waals surface area (Å²) in [7, 11) is 2.00. The average Bonchev–Trinajstić information content (AvgIpc) is 3.25. The highest BCUT2D eigenvalue weighted by Gasteiger charge is 2.38. The van der Waals surface area contributed by atoms with Gasteiger partial charge < -0.3 is 9.32 Å². The fourth-order valence-electron chi connectivity index (χ4n) is 3.47. The Morgan fingerprint density at radius 2 is 1.93 bits per heavy atom. The van der Waals surface area contributed by atoms with Gasteiger partial charge in [-0.05, 0) is 23.8 Å². The minimum Gasteiger partial charge on any atom is -0.411 e. The van der Waals surface area contributed by atoms with Gasteiger partial charge in [0.05, 0.1) is 5.75 Å². The zero-order valence-corrected chi connectivity index (χ0v) is 16.7. The smallest absolute Gasteiger partial charge is 0.277 e. The maximum Gasteiger partial charge on any atom is 0.277 e. The van der Waals surface area contributed by atoms with Crippen molar-refractivity contribution in [3.8, 4) is 11.5 Å². The van der Waals surface area contributed by atoms with Crippen molar-refractivity contribution in [2.75, 3.05) is 17.7 Å². The predicted molar refractivity (Wildman–Crippen MR) is 109 cm³/mol. The van der Waals surface area contributed by atoms with E-state index in [1.165, 1.54) is 17.3 Å². The number of thioether (sulfide) groups is 1. The van der Waals surface area contributed by atoms with Crippen molar-refractivity contribution in [3.05, 3.63) is 66.1 Å². The van der Waals surface area contributed by atoms with Gasteiger partial charge in [0.1, 0.15) is 0 Å². The molecule has 0 unspecified atom stereocenters. The van der Waals surface area contributed by atoms with Gasteiger partial charge in [-0.15, -0.1) is 10.2 Å². The van der Waals surface area contributed by atoms with Crippen molar-refractivity contribution >= 4 is 23.2 Å². The first-order valence-electron chi connectivity index (χ1n) is 8.92. The van der Waals surface area contributed by atoms with Crippen LogP contribution in [-0.4, -0.2) is 33.8 Å². The van der Waals surface area contributed by atoms with Crippen LogP contribution in [0, 0.1) is 0 Å². The van der Waals surface area contributed by atoms with E-state index in [9.17, 15) is 4.79 Å². The van der Waals surface area contributed by atoms with Gasteiger partial charge in [-0.25, -0.2) is 0 Å². The maximum atomic E-state index is 12.6. The molecule has 0 saturated heterocycles. The fourth-order valence-corrected chi connectivity index (χ4v) is 4.05. The monoisotopic (exact) mass is 392 g/mol. The Kier molecular flexibility index (Phi) is 4.77. The quantitative estimate of drug-likeness (QED) is 0.478. The second-order valence-corrected chi connectivity index (χ2v) is 8.02. The zero-order chi connectivity index (χ0) is 19.7. The summed E-state index contributed by atoms with van der Waals surface area (Å²) in [6, 6.07) is 11.8. The number of para-hydroxylation sites is 1. The molecule has 3 aromatic rings. The van der Waals surface area contributed by atoms with Gasteiger partial charge in [0.2, 0.25) is 5.89 Å². The summed E-state index contributed by atoms with van der Waals surface area (Å²) in [5, 5.41) is 8.42. The van der Waals surface area contributed by atoms with E-state index in [2.05, 4.69) is 46.1 Å². The highest BCUT2D eigenvalue weighted by molar-refractivity contribution is 7.99. The topological polar surface area (TPSA) is 72.1 Å². The van der Waals surface area contributed by atoms with Crippen molar-refractivity contribution < 1.29 is 9.21 Å². The van der Waals surface area contributed by atoms with Gasteiger partial charge in [-0.3, -0.25) is 9.78 Å². The molecule has 6 nitrogen and oxygen atoms in total. The predicted octanol–water partition coefficient (Wildman–Crippen LogP) is 4.10. The van der Waals surface area contributed by atoms with E-state index in [-0.39, 0.29) is 17.0 Å². The molecule has 0 atom stereocenters. The fraction of sp³-hybridized carbons (Fsp3) is 0.238. The number of carbonyl (C=O) groups excluding carboxylic acids is 1. The molecule has 0 amide bonds. The summed E-state index contributed by atoms with van der Waals surface area (Å²) in [6.07, 6.45) is 5.06. The van der Waals surface area contributed by atoms with Gasteiger partial charge in [0, 0.05) is 47.9 Å². The highest BCUT2D eigenvalue weighted by Crippen LogP contribution is 2.46. The summed E-state index contributed by atoms with van der Waals surface area (Å²) in [5.41, 5.74) is 3.93. The summed E-state index contributed by atoms with van der Waals surface area (Å²) in [4.78, 5) is 18.7. The SMILES string of the molecule is CN1/C(=C\C(=O)CSc2nnc(-c3ccncc3)o2)C(C)(C)c2ccccc21. The number of ketones is 1. The van der Waals surface area contributed by atoms with Crippen LogP contribution in [0.5, 0.6) is 0 Å². The number of carbonyl (C=O) groups is 1. The van der Waals surface area contributed by atoms with Gasteiger partial charge >= 0.3 is 0 Å².